The first-order valence-electron chi connectivity index (χ1n) is 7.12. The lowest BCUT2D eigenvalue weighted by Crippen LogP contribution is -2.27. The Morgan fingerprint density at radius 3 is 2.73 bits per heavy atom. The molecule has 0 aliphatic heterocycles. The van der Waals surface area contributed by atoms with Gasteiger partial charge in [0.15, 0.2) is 5.82 Å². The maximum absolute atomic E-state index is 11.9. The first-order chi connectivity index (χ1) is 10.6. The SMILES string of the molecule is Cc1ccc(CC(=O)NCCc2nn3c(C)nnc3s2)cc1. The standard InChI is InChI=1S/C15H17N5OS/c1-10-3-5-12(6-4-10)9-13(21)16-8-7-14-19-20-11(2)17-18-15(20)22-14/h3-6H,7-9H2,1-2H3,(H,16,21). The summed E-state index contributed by atoms with van der Waals surface area (Å²) in [7, 11) is 0. The van der Waals surface area contributed by atoms with Gasteiger partial charge in [-0.05, 0) is 19.4 Å². The van der Waals surface area contributed by atoms with Gasteiger partial charge in [0.05, 0.1) is 6.42 Å². The molecule has 6 nitrogen and oxygen atoms in total. The van der Waals surface area contributed by atoms with Gasteiger partial charge in [-0.1, -0.05) is 41.2 Å². The summed E-state index contributed by atoms with van der Waals surface area (Å²) in [5.74, 6) is 0.809. The van der Waals surface area contributed by atoms with Gasteiger partial charge in [-0.2, -0.15) is 9.61 Å². The van der Waals surface area contributed by atoms with Crippen molar-refractivity contribution >= 4 is 22.2 Å². The summed E-state index contributed by atoms with van der Waals surface area (Å²) in [4.78, 5) is 12.7. The van der Waals surface area contributed by atoms with Crippen LogP contribution in [0.2, 0.25) is 0 Å². The van der Waals surface area contributed by atoms with Crippen LogP contribution in [0.4, 0.5) is 0 Å². The molecule has 22 heavy (non-hydrogen) atoms. The second kappa shape index (κ2) is 6.23. The molecule has 0 atom stereocenters. The number of rotatable bonds is 5. The summed E-state index contributed by atoms with van der Waals surface area (Å²) in [6.07, 6.45) is 1.11. The maximum Gasteiger partial charge on any atom is 0.234 e. The minimum absolute atomic E-state index is 0.0306. The summed E-state index contributed by atoms with van der Waals surface area (Å²) >= 11 is 1.50. The molecule has 2 aromatic heterocycles. The smallest absolute Gasteiger partial charge is 0.234 e. The van der Waals surface area contributed by atoms with Gasteiger partial charge in [-0.25, -0.2) is 0 Å². The van der Waals surface area contributed by atoms with Crippen LogP contribution in [0.3, 0.4) is 0 Å². The van der Waals surface area contributed by atoms with Gasteiger partial charge in [0.2, 0.25) is 10.9 Å². The molecule has 0 aliphatic carbocycles. The van der Waals surface area contributed by atoms with Crippen LogP contribution in [0.15, 0.2) is 24.3 Å². The molecule has 3 rings (SSSR count). The van der Waals surface area contributed by atoms with E-state index < -0.39 is 0 Å². The van der Waals surface area contributed by atoms with Crippen molar-refractivity contribution in [3.8, 4) is 0 Å². The lowest BCUT2D eigenvalue weighted by atomic mass is 10.1. The number of fused-ring (bicyclic) bond motifs is 1. The Balaban J connectivity index is 1.49. The predicted molar refractivity (Wildman–Crippen MR) is 85.0 cm³/mol. The third-order valence-electron chi connectivity index (χ3n) is 3.33. The average Bonchev–Trinajstić information content (AvgIpc) is 3.04. The lowest BCUT2D eigenvalue weighted by Gasteiger charge is -2.04. The van der Waals surface area contributed by atoms with Crippen molar-refractivity contribution < 1.29 is 4.79 Å². The number of hydrogen-bond acceptors (Lipinski definition) is 5. The molecule has 0 unspecified atom stereocenters. The van der Waals surface area contributed by atoms with Gasteiger partial charge >= 0.3 is 0 Å². The molecule has 1 N–H and O–H groups in total. The molecule has 1 aromatic carbocycles. The number of nitrogens with one attached hydrogen (secondary N) is 1. The molecule has 7 heteroatoms. The highest BCUT2D eigenvalue weighted by molar-refractivity contribution is 7.16. The molecule has 0 bridgehead atoms. The van der Waals surface area contributed by atoms with Crippen LogP contribution < -0.4 is 5.32 Å². The Bertz CT molecular complexity index is 790. The number of amides is 1. The van der Waals surface area contributed by atoms with Gasteiger partial charge in [-0.15, -0.1) is 10.2 Å². The highest BCUT2D eigenvalue weighted by Crippen LogP contribution is 2.13. The Labute approximate surface area is 132 Å². The molecule has 0 aliphatic rings. The number of carbonyl (C=O) groups is 1. The molecule has 0 radical (unpaired) electrons. The van der Waals surface area contributed by atoms with Crippen molar-refractivity contribution in [3.05, 3.63) is 46.2 Å². The van der Waals surface area contributed by atoms with E-state index in [4.69, 9.17) is 0 Å². The monoisotopic (exact) mass is 315 g/mol. The van der Waals surface area contributed by atoms with E-state index in [1.165, 1.54) is 16.9 Å². The van der Waals surface area contributed by atoms with Gasteiger partial charge in [0, 0.05) is 13.0 Å². The zero-order valence-corrected chi connectivity index (χ0v) is 13.4. The van der Waals surface area contributed by atoms with E-state index in [9.17, 15) is 4.79 Å². The summed E-state index contributed by atoms with van der Waals surface area (Å²) in [6, 6.07) is 8.01. The number of benzene rings is 1. The molecule has 0 spiro atoms. The Morgan fingerprint density at radius 2 is 2.00 bits per heavy atom. The normalized spacial score (nSPS) is 11.0. The second-order valence-corrected chi connectivity index (χ2v) is 6.24. The minimum Gasteiger partial charge on any atom is -0.355 e. The highest BCUT2D eigenvalue weighted by Gasteiger charge is 2.09. The Kier molecular flexibility index (Phi) is 4.15. The van der Waals surface area contributed by atoms with E-state index in [0.29, 0.717) is 19.4 Å². The van der Waals surface area contributed by atoms with Crippen molar-refractivity contribution in [1.29, 1.82) is 0 Å². The fraction of sp³-hybridized carbons (Fsp3) is 0.333. The molecule has 1 amide bonds. The first kappa shape index (κ1) is 14.6. The van der Waals surface area contributed by atoms with Crippen LogP contribution in [0.5, 0.6) is 0 Å². The van der Waals surface area contributed by atoms with Crippen LogP contribution in [0.1, 0.15) is 22.0 Å². The zero-order chi connectivity index (χ0) is 15.5. The lowest BCUT2D eigenvalue weighted by molar-refractivity contribution is -0.120. The number of aromatic nitrogens is 4. The van der Waals surface area contributed by atoms with Crippen LogP contribution in [-0.4, -0.2) is 32.3 Å². The minimum atomic E-state index is 0.0306. The van der Waals surface area contributed by atoms with E-state index in [1.807, 2.05) is 38.1 Å². The quantitative estimate of drug-likeness (QED) is 0.778. The number of hydrogen-bond donors (Lipinski definition) is 1. The molecule has 114 valence electrons. The van der Waals surface area contributed by atoms with Gasteiger partial charge in [-0.3, -0.25) is 4.79 Å². The van der Waals surface area contributed by atoms with E-state index in [0.717, 1.165) is 21.4 Å². The van der Waals surface area contributed by atoms with Crippen molar-refractivity contribution in [2.24, 2.45) is 0 Å². The van der Waals surface area contributed by atoms with Crippen LogP contribution in [0.25, 0.3) is 4.96 Å². The van der Waals surface area contributed by atoms with Crippen LogP contribution in [-0.2, 0) is 17.6 Å². The molecular formula is C15H17N5OS. The maximum atomic E-state index is 11.9. The molecular weight excluding hydrogens is 298 g/mol. The number of carbonyl (C=O) groups excluding carboxylic acids is 1. The zero-order valence-electron chi connectivity index (χ0n) is 12.5. The third-order valence-corrected chi connectivity index (χ3v) is 4.29. The molecule has 3 aromatic rings. The van der Waals surface area contributed by atoms with Gasteiger partial charge in [0.1, 0.15) is 5.01 Å². The Morgan fingerprint density at radius 1 is 1.23 bits per heavy atom. The van der Waals surface area contributed by atoms with E-state index >= 15 is 0 Å². The van der Waals surface area contributed by atoms with Crippen LogP contribution >= 0.6 is 11.3 Å². The topological polar surface area (TPSA) is 72.2 Å². The van der Waals surface area contributed by atoms with Crippen molar-refractivity contribution in [1.82, 2.24) is 25.1 Å². The van der Waals surface area contributed by atoms with Gasteiger partial charge < -0.3 is 5.32 Å². The summed E-state index contributed by atoms with van der Waals surface area (Å²) in [6.45, 7) is 4.48. The van der Waals surface area contributed by atoms with E-state index in [1.54, 1.807) is 4.52 Å². The fourth-order valence-electron chi connectivity index (χ4n) is 2.12. The molecule has 0 saturated carbocycles. The highest BCUT2D eigenvalue weighted by atomic mass is 32.1. The molecule has 0 fully saturated rings. The average molecular weight is 315 g/mol. The first-order valence-corrected chi connectivity index (χ1v) is 7.93. The van der Waals surface area contributed by atoms with Gasteiger partial charge in [0.25, 0.3) is 0 Å². The number of nitrogens with zero attached hydrogens (tertiary/aromatic N) is 4. The van der Waals surface area contributed by atoms with Crippen molar-refractivity contribution in [2.75, 3.05) is 6.54 Å². The molecule has 0 saturated heterocycles. The Hall–Kier alpha value is -2.28. The predicted octanol–water partition coefficient (Wildman–Crippen LogP) is 1.70. The largest absolute Gasteiger partial charge is 0.355 e. The number of aryl methyl sites for hydroxylation is 2. The van der Waals surface area contributed by atoms with E-state index in [2.05, 4.69) is 20.6 Å². The molecule has 2 heterocycles. The van der Waals surface area contributed by atoms with E-state index in [-0.39, 0.29) is 5.91 Å². The van der Waals surface area contributed by atoms with Crippen molar-refractivity contribution in [3.63, 3.8) is 0 Å². The van der Waals surface area contributed by atoms with Crippen LogP contribution in [0, 0.1) is 13.8 Å². The summed E-state index contributed by atoms with van der Waals surface area (Å²) < 4.78 is 1.73. The fourth-order valence-corrected chi connectivity index (χ4v) is 3.00. The second-order valence-electron chi connectivity index (χ2n) is 5.20. The summed E-state index contributed by atoms with van der Waals surface area (Å²) in [5, 5.41) is 16.3. The summed E-state index contributed by atoms with van der Waals surface area (Å²) in [5.41, 5.74) is 2.22. The third kappa shape index (κ3) is 3.30. The van der Waals surface area contributed by atoms with Crippen molar-refractivity contribution in [2.45, 2.75) is 26.7 Å².